The van der Waals surface area contributed by atoms with Gasteiger partial charge in [-0.2, -0.15) is 0 Å². The van der Waals surface area contributed by atoms with Gasteiger partial charge in [-0.05, 0) is 38.0 Å². The number of rotatable bonds is 3. The van der Waals surface area contributed by atoms with Gasteiger partial charge >= 0.3 is 0 Å². The minimum Gasteiger partial charge on any atom is -0.391 e. The molecule has 1 unspecified atom stereocenters. The summed E-state index contributed by atoms with van der Waals surface area (Å²) in [5.41, 5.74) is -3.44. The van der Waals surface area contributed by atoms with Crippen LogP contribution in [0.5, 0.6) is 0 Å². The lowest BCUT2D eigenvalue weighted by molar-refractivity contribution is -0.469. The monoisotopic (exact) mass is 477 g/mol. The van der Waals surface area contributed by atoms with Crippen LogP contribution in [0.4, 0.5) is 0 Å². The second kappa shape index (κ2) is 7.18. The Morgan fingerprint density at radius 3 is 2.35 bits per heavy atom. The van der Waals surface area contributed by atoms with E-state index in [2.05, 4.69) is 16.9 Å². The van der Waals surface area contributed by atoms with Gasteiger partial charge in [0.15, 0.2) is 0 Å². The summed E-state index contributed by atoms with van der Waals surface area (Å²) >= 11 is 0. The van der Waals surface area contributed by atoms with E-state index in [1.54, 1.807) is 13.1 Å². The van der Waals surface area contributed by atoms with E-state index >= 15 is 0 Å². The van der Waals surface area contributed by atoms with E-state index in [0.29, 0.717) is 18.4 Å². The predicted molar refractivity (Wildman–Crippen MR) is 118 cm³/mol. The molecule has 0 radical (unpaired) electrons. The van der Waals surface area contributed by atoms with Crippen molar-refractivity contribution in [2.45, 2.75) is 76.8 Å². The standard InChI is InChI=1S/C24H35N3O7/c1-11(2)13-6-7-14-22-10-34-24(33,23(14,12(3)28)18(13)30)20(32)16(22)21(4,5)17(15(29)19(22)31)27-9-8-25-26-27/h8-9,13-20,29-33H,1,6-7,10H2,2-5H3/t13-,14-,15+,16+,17?,18+,19+,20-,22-,23+,24-/m0/s1. The quantitative estimate of drug-likeness (QED) is 0.372. The Morgan fingerprint density at radius 1 is 1.12 bits per heavy atom. The van der Waals surface area contributed by atoms with Crippen LogP contribution in [0.2, 0.25) is 0 Å². The van der Waals surface area contributed by atoms with Crippen LogP contribution in [0.25, 0.3) is 0 Å². The van der Waals surface area contributed by atoms with Crippen molar-refractivity contribution in [2.75, 3.05) is 6.61 Å². The average Bonchev–Trinajstić information content (AvgIpc) is 3.27. The minimum atomic E-state index is -2.38. The Balaban J connectivity index is 1.76. The highest BCUT2D eigenvalue weighted by atomic mass is 16.6. The van der Waals surface area contributed by atoms with Crippen LogP contribution in [0, 0.1) is 34.0 Å². The molecule has 0 amide bonds. The molecule has 2 bridgehead atoms. The average molecular weight is 478 g/mol. The molecule has 3 saturated carbocycles. The molecular weight excluding hydrogens is 442 g/mol. The first-order valence-electron chi connectivity index (χ1n) is 11.9. The Bertz CT molecular complexity index is 1010. The zero-order valence-electron chi connectivity index (χ0n) is 20.0. The third-order valence-corrected chi connectivity index (χ3v) is 9.95. The van der Waals surface area contributed by atoms with E-state index in [-0.39, 0.29) is 6.61 Å². The number of ether oxygens (including phenoxy) is 1. The van der Waals surface area contributed by atoms with Crippen molar-refractivity contribution in [3.63, 3.8) is 0 Å². The van der Waals surface area contributed by atoms with E-state index in [1.165, 1.54) is 17.8 Å². The molecular formula is C24H35N3O7. The molecule has 10 nitrogen and oxygen atoms in total. The van der Waals surface area contributed by atoms with Crippen molar-refractivity contribution >= 4 is 5.78 Å². The number of hydrogen-bond acceptors (Lipinski definition) is 9. The molecule has 6 rings (SSSR count). The lowest BCUT2D eigenvalue weighted by atomic mass is 9.33. The number of fused-ring (bicyclic) bond motifs is 1. The largest absolute Gasteiger partial charge is 0.391 e. The third-order valence-electron chi connectivity index (χ3n) is 9.95. The van der Waals surface area contributed by atoms with E-state index in [4.69, 9.17) is 4.74 Å². The normalized spacial score (nSPS) is 51.4. The minimum absolute atomic E-state index is 0.166. The number of aromatic nitrogens is 3. The SMILES string of the molecule is C=C(C)[C@@H]1CC[C@H]2[C@@]34CO[C@@](O)([C@@H](O)[C@@H]3C(C)(C)C(n3ccnn3)[C@@H](O)[C@H]4O)[C@@]2(C(C)=O)[C@@H]1O. The molecule has 3 heterocycles. The number of nitrogens with zero attached hydrogens (tertiary/aromatic N) is 3. The van der Waals surface area contributed by atoms with Gasteiger partial charge in [-0.15, -0.1) is 5.10 Å². The third kappa shape index (κ3) is 2.39. The molecule has 0 aromatic carbocycles. The van der Waals surface area contributed by atoms with Crippen molar-refractivity contribution in [3.8, 4) is 0 Å². The van der Waals surface area contributed by atoms with E-state index in [0.717, 1.165) is 0 Å². The maximum Gasteiger partial charge on any atom is 0.208 e. The number of hydrogen-bond donors (Lipinski definition) is 5. The molecule has 5 aliphatic rings. The molecule has 5 fully saturated rings. The molecule has 2 saturated heterocycles. The van der Waals surface area contributed by atoms with Crippen LogP contribution < -0.4 is 0 Å². The predicted octanol–water partition coefficient (Wildman–Crippen LogP) is -0.185. The van der Waals surface area contributed by atoms with Crippen LogP contribution in [0.3, 0.4) is 0 Å². The summed E-state index contributed by atoms with van der Waals surface area (Å²) < 4.78 is 7.36. The number of aliphatic hydroxyl groups excluding tert-OH is 4. The highest BCUT2D eigenvalue weighted by Gasteiger charge is 2.86. The smallest absolute Gasteiger partial charge is 0.208 e. The number of ketones is 1. The summed E-state index contributed by atoms with van der Waals surface area (Å²) in [7, 11) is 0. The van der Waals surface area contributed by atoms with Crippen molar-refractivity contribution in [1.82, 2.24) is 15.0 Å². The Hall–Kier alpha value is -1.69. The zero-order valence-corrected chi connectivity index (χ0v) is 20.0. The first-order chi connectivity index (χ1) is 15.8. The van der Waals surface area contributed by atoms with Gasteiger partial charge in [0.25, 0.3) is 0 Å². The summed E-state index contributed by atoms with van der Waals surface area (Å²) in [4.78, 5) is 13.4. The van der Waals surface area contributed by atoms with Gasteiger partial charge in [-0.25, -0.2) is 4.68 Å². The van der Waals surface area contributed by atoms with Gasteiger partial charge in [0.1, 0.15) is 23.4 Å². The van der Waals surface area contributed by atoms with Crippen LogP contribution >= 0.6 is 0 Å². The maximum atomic E-state index is 13.4. The molecule has 1 spiro atoms. The molecule has 11 atom stereocenters. The van der Waals surface area contributed by atoms with Gasteiger partial charge in [0, 0.05) is 23.4 Å². The van der Waals surface area contributed by atoms with Crippen LogP contribution in [0.1, 0.15) is 46.6 Å². The van der Waals surface area contributed by atoms with Crippen molar-refractivity contribution in [1.29, 1.82) is 0 Å². The molecule has 1 aromatic rings. The van der Waals surface area contributed by atoms with Gasteiger partial charge in [-0.3, -0.25) is 4.79 Å². The molecule has 34 heavy (non-hydrogen) atoms. The van der Waals surface area contributed by atoms with Crippen molar-refractivity contribution in [2.24, 2.45) is 34.0 Å². The van der Waals surface area contributed by atoms with Gasteiger partial charge in [-0.1, -0.05) is 31.2 Å². The molecule has 188 valence electrons. The summed E-state index contributed by atoms with van der Waals surface area (Å²) in [6, 6.07) is -0.762. The van der Waals surface area contributed by atoms with Crippen LogP contribution in [0.15, 0.2) is 24.5 Å². The summed E-state index contributed by atoms with van der Waals surface area (Å²) in [5.74, 6) is -4.91. The molecule has 3 aliphatic carbocycles. The Kier molecular flexibility index (Phi) is 5.07. The lowest BCUT2D eigenvalue weighted by Crippen LogP contribution is -2.88. The second-order valence-electron chi connectivity index (χ2n) is 11.6. The molecule has 1 aromatic heterocycles. The van der Waals surface area contributed by atoms with Gasteiger partial charge in [0.2, 0.25) is 5.79 Å². The van der Waals surface area contributed by atoms with E-state index in [9.17, 15) is 30.3 Å². The van der Waals surface area contributed by atoms with Crippen LogP contribution in [-0.2, 0) is 9.53 Å². The number of Topliss-reactive ketones (excluding diaryl/α,β-unsaturated/α-hetero) is 1. The zero-order chi connectivity index (χ0) is 25.0. The van der Waals surface area contributed by atoms with Gasteiger partial charge in [0.05, 0.1) is 31.1 Å². The highest BCUT2D eigenvalue weighted by Crippen LogP contribution is 2.75. The summed E-state index contributed by atoms with van der Waals surface area (Å²) in [6.45, 7) is 10.5. The Morgan fingerprint density at radius 2 is 1.79 bits per heavy atom. The van der Waals surface area contributed by atoms with Crippen molar-refractivity contribution in [3.05, 3.63) is 24.5 Å². The van der Waals surface area contributed by atoms with Crippen LogP contribution in [-0.4, -0.2) is 83.1 Å². The Labute approximate surface area is 198 Å². The fourth-order valence-electron chi connectivity index (χ4n) is 8.80. The lowest BCUT2D eigenvalue weighted by Gasteiger charge is -2.77. The molecule has 2 aliphatic heterocycles. The fraction of sp³-hybridized carbons (Fsp3) is 0.792. The van der Waals surface area contributed by atoms with Gasteiger partial charge < -0.3 is 30.3 Å². The molecule has 5 N–H and O–H groups in total. The van der Waals surface area contributed by atoms with E-state index in [1.807, 2.05) is 13.8 Å². The highest BCUT2D eigenvalue weighted by molar-refractivity contribution is 5.86. The number of carbonyl (C=O) groups excluding carboxylic acids is 1. The first kappa shape index (κ1) is 24.0. The topological polar surface area (TPSA) is 158 Å². The van der Waals surface area contributed by atoms with E-state index < -0.39 is 76.0 Å². The maximum absolute atomic E-state index is 13.4. The first-order valence-corrected chi connectivity index (χ1v) is 11.9. The summed E-state index contributed by atoms with van der Waals surface area (Å²) in [5, 5.41) is 66.6. The fourth-order valence-corrected chi connectivity index (χ4v) is 8.80. The number of carbonyl (C=O) groups is 1. The number of aliphatic hydroxyl groups is 5. The second-order valence-corrected chi connectivity index (χ2v) is 11.6. The molecule has 10 heteroatoms. The van der Waals surface area contributed by atoms with Crippen molar-refractivity contribution < 1.29 is 35.1 Å². The summed E-state index contributed by atoms with van der Waals surface area (Å²) in [6.07, 6.45) is -1.81.